The number of piperidine rings is 1. The number of rotatable bonds is 7. The van der Waals surface area contributed by atoms with E-state index in [1.165, 1.54) is 38.5 Å². The molecule has 2 rings (SSSR count). The number of ether oxygens (including phenoxy) is 1. The fraction of sp³-hybridized carbons (Fsp3) is 0.889. The molecule has 1 saturated heterocycles. The maximum atomic E-state index is 12.4. The number of likely N-dealkylation sites (tertiary alicyclic amines) is 1. The number of carbonyl (C=O) groups excluding carboxylic acids is 2. The van der Waals surface area contributed by atoms with E-state index in [-0.39, 0.29) is 17.7 Å². The van der Waals surface area contributed by atoms with Crippen molar-refractivity contribution in [3.05, 3.63) is 0 Å². The van der Waals surface area contributed by atoms with Gasteiger partial charge in [-0.2, -0.15) is 0 Å². The van der Waals surface area contributed by atoms with Crippen LogP contribution >= 0.6 is 0 Å². The van der Waals surface area contributed by atoms with Gasteiger partial charge < -0.3 is 15.0 Å². The number of nitrogens with zero attached hydrogens (tertiary/aromatic N) is 1. The Morgan fingerprint density at radius 2 is 1.96 bits per heavy atom. The van der Waals surface area contributed by atoms with Gasteiger partial charge in [0.2, 0.25) is 11.8 Å². The van der Waals surface area contributed by atoms with Crippen LogP contribution in [0.3, 0.4) is 0 Å². The Balaban J connectivity index is 1.69. The van der Waals surface area contributed by atoms with Crippen molar-refractivity contribution in [3.8, 4) is 0 Å². The molecular weight excluding hydrogens is 292 g/mol. The third-order valence-corrected chi connectivity index (χ3v) is 5.26. The summed E-state index contributed by atoms with van der Waals surface area (Å²) < 4.78 is 5.04. The van der Waals surface area contributed by atoms with Crippen molar-refractivity contribution < 1.29 is 14.3 Å². The largest absolute Gasteiger partial charge is 0.383 e. The average Bonchev–Trinajstić information content (AvgIpc) is 2.83. The van der Waals surface area contributed by atoms with E-state index < -0.39 is 0 Å². The van der Waals surface area contributed by atoms with Crippen LogP contribution in [-0.2, 0) is 14.3 Å². The molecule has 1 N–H and O–H groups in total. The van der Waals surface area contributed by atoms with Gasteiger partial charge in [0.15, 0.2) is 0 Å². The van der Waals surface area contributed by atoms with Gasteiger partial charge in [0.1, 0.15) is 0 Å². The van der Waals surface area contributed by atoms with Crippen LogP contribution in [0.4, 0.5) is 0 Å². The van der Waals surface area contributed by atoms with E-state index in [4.69, 9.17) is 4.74 Å². The third-order valence-electron chi connectivity index (χ3n) is 5.26. The topological polar surface area (TPSA) is 58.6 Å². The Labute approximate surface area is 140 Å². The van der Waals surface area contributed by atoms with Crippen LogP contribution in [0.5, 0.6) is 0 Å². The third kappa shape index (κ3) is 6.13. The van der Waals surface area contributed by atoms with E-state index in [2.05, 4.69) is 5.32 Å². The highest BCUT2D eigenvalue weighted by Gasteiger charge is 2.29. The van der Waals surface area contributed by atoms with Gasteiger partial charge in [0.25, 0.3) is 0 Å². The van der Waals surface area contributed by atoms with Crippen molar-refractivity contribution in [3.63, 3.8) is 0 Å². The highest BCUT2D eigenvalue weighted by Crippen LogP contribution is 2.25. The summed E-state index contributed by atoms with van der Waals surface area (Å²) in [5, 5.41) is 3.10. The van der Waals surface area contributed by atoms with Gasteiger partial charge in [-0.1, -0.05) is 38.5 Å². The van der Waals surface area contributed by atoms with Crippen LogP contribution in [0.15, 0.2) is 0 Å². The normalized spacial score (nSPS) is 23.6. The molecule has 1 aliphatic carbocycles. The maximum absolute atomic E-state index is 12.4. The van der Waals surface area contributed by atoms with E-state index in [0.717, 1.165) is 18.9 Å². The average molecular weight is 324 g/mol. The lowest BCUT2D eigenvalue weighted by molar-refractivity contribution is -0.138. The Hall–Kier alpha value is -1.10. The predicted octanol–water partition coefficient (Wildman–Crippen LogP) is 2.35. The first-order valence-electron chi connectivity index (χ1n) is 9.25. The van der Waals surface area contributed by atoms with E-state index in [0.29, 0.717) is 32.5 Å². The first-order valence-corrected chi connectivity index (χ1v) is 9.25. The molecule has 2 amide bonds. The summed E-state index contributed by atoms with van der Waals surface area (Å²) in [4.78, 5) is 26.0. The lowest BCUT2D eigenvalue weighted by Crippen LogP contribution is -2.47. The van der Waals surface area contributed by atoms with Crippen molar-refractivity contribution >= 4 is 11.8 Å². The molecule has 0 spiro atoms. The molecule has 1 atom stereocenters. The Morgan fingerprint density at radius 3 is 2.65 bits per heavy atom. The predicted molar refractivity (Wildman–Crippen MR) is 90.0 cm³/mol. The van der Waals surface area contributed by atoms with E-state index in [1.54, 1.807) is 12.0 Å². The maximum Gasteiger partial charge on any atom is 0.224 e. The second-order valence-corrected chi connectivity index (χ2v) is 7.01. The van der Waals surface area contributed by atoms with Gasteiger partial charge >= 0.3 is 0 Å². The summed E-state index contributed by atoms with van der Waals surface area (Å²) in [5.74, 6) is 0.987. The fourth-order valence-electron chi connectivity index (χ4n) is 3.74. The second-order valence-electron chi connectivity index (χ2n) is 7.01. The summed E-state index contributed by atoms with van der Waals surface area (Å²) >= 11 is 0. The minimum Gasteiger partial charge on any atom is -0.383 e. The van der Waals surface area contributed by atoms with Crippen LogP contribution in [0.1, 0.15) is 57.8 Å². The number of nitrogens with one attached hydrogen (secondary N) is 1. The van der Waals surface area contributed by atoms with Crippen molar-refractivity contribution in [1.29, 1.82) is 0 Å². The highest BCUT2D eigenvalue weighted by molar-refractivity contribution is 5.83. The zero-order chi connectivity index (χ0) is 16.5. The molecule has 0 unspecified atom stereocenters. The van der Waals surface area contributed by atoms with Gasteiger partial charge in [-0.05, 0) is 18.8 Å². The van der Waals surface area contributed by atoms with Crippen LogP contribution in [0.25, 0.3) is 0 Å². The first-order chi connectivity index (χ1) is 11.2. The number of amides is 2. The summed E-state index contributed by atoms with van der Waals surface area (Å²) in [5.41, 5.74) is 0. The van der Waals surface area contributed by atoms with E-state index in [9.17, 15) is 9.59 Å². The van der Waals surface area contributed by atoms with Crippen LogP contribution in [-0.4, -0.2) is 50.1 Å². The standard InChI is InChI=1S/C18H32N2O3/c1-23-13-12-20-14-16(8-9-17(20)21)18(22)19-11-10-15-6-4-2-3-5-7-15/h15-16H,2-14H2,1H3,(H,19,22)/t16-/m1/s1. The smallest absolute Gasteiger partial charge is 0.224 e. The molecule has 1 heterocycles. The minimum absolute atomic E-state index is 0.0568. The number of hydrogen-bond acceptors (Lipinski definition) is 3. The monoisotopic (exact) mass is 324 g/mol. The number of carbonyl (C=O) groups is 2. The Kier molecular flexibility index (Phi) is 7.86. The zero-order valence-corrected chi connectivity index (χ0v) is 14.5. The lowest BCUT2D eigenvalue weighted by atomic mass is 9.95. The molecule has 132 valence electrons. The van der Waals surface area contributed by atoms with Crippen molar-refractivity contribution in [2.75, 3.05) is 33.4 Å². The summed E-state index contributed by atoms with van der Waals surface area (Å²) in [7, 11) is 1.63. The molecule has 2 aliphatic rings. The van der Waals surface area contributed by atoms with Crippen LogP contribution < -0.4 is 5.32 Å². The van der Waals surface area contributed by atoms with Crippen LogP contribution in [0.2, 0.25) is 0 Å². The first kappa shape index (κ1) is 18.2. The number of methoxy groups -OCH3 is 1. The summed E-state index contributed by atoms with van der Waals surface area (Å²) in [6.45, 7) is 2.44. The molecule has 0 radical (unpaired) electrons. The zero-order valence-electron chi connectivity index (χ0n) is 14.5. The van der Waals surface area contributed by atoms with Gasteiger partial charge in [-0.15, -0.1) is 0 Å². The molecule has 5 heteroatoms. The number of hydrogen-bond donors (Lipinski definition) is 1. The van der Waals surface area contributed by atoms with Crippen molar-refractivity contribution in [1.82, 2.24) is 10.2 Å². The molecule has 0 aromatic heterocycles. The minimum atomic E-state index is -0.0568. The van der Waals surface area contributed by atoms with Gasteiger partial charge in [0, 0.05) is 33.2 Å². The summed E-state index contributed by atoms with van der Waals surface area (Å²) in [6.07, 6.45) is 10.3. The SMILES string of the molecule is COCCN1C[C@H](C(=O)NCCC2CCCCCC2)CCC1=O. The molecule has 1 aliphatic heterocycles. The van der Waals surface area contributed by atoms with E-state index >= 15 is 0 Å². The van der Waals surface area contributed by atoms with Gasteiger partial charge in [0.05, 0.1) is 12.5 Å². The van der Waals surface area contributed by atoms with Crippen molar-refractivity contribution in [2.45, 2.75) is 57.8 Å². The summed E-state index contributed by atoms with van der Waals surface area (Å²) in [6, 6.07) is 0. The molecule has 1 saturated carbocycles. The Morgan fingerprint density at radius 1 is 1.22 bits per heavy atom. The molecule has 0 aromatic carbocycles. The molecule has 2 fully saturated rings. The molecule has 5 nitrogen and oxygen atoms in total. The second kappa shape index (κ2) is 9.91. The molecule has 23 heavy (non-hydrogen) atoms. The molecule has 0 aromatic rings. The van der Waals surface area contributed by atoms with Crippen LogP contribution in [0, 0.1) is 11.8 Å². The quantitative estimate of drug-likeness (QED) is 0.731. The highest BCUT2D eigenvalue weighted by atomic mass is 16.5. The van der Waals surface area contributed by atoms with E-state index in [1.807, 2.05) is 0 Å². The van der Waals surface area contributed by atoms with Gasteiger partial charge in [-0.25, -0.2) is 0 Å². The molecule has 0 bridgehead atoms. The molecular formula is C18H32N2O3. The van der Waals surface area contributed by atoms with Crippen molar-refractivity contribution in [2.24, 2.45) is 11.8 Å². The lowest BCUT2D eigenvalue weighted by Gasteiger charge is -2.31. The Bertz CT molecular complexity index is 378. The fourth-order valence-corrected chi connectivity index (χ4v) is 3.74. The van der Waals surface area contributed by atoms with Gasteiger partial charge in [-0.3, -0.25) is 9.59 Å².